The Balaban J connectivity index is 1.63. The number of allylic oxidation sites excluding steroid dienone is 1. The molecule has 1 N–H and O–H groups in total. The summed E-state index contributed by atoms with van der Waals surface area (Å²) in [4.78, 5) is 7.04. The summed E-state index contributed by atoms with van der Waals surface area (Å²) in [6, 6.07) is 6.40. The van der Waals surface area contributed by atoms with E-state index in [1.54, 1.807) is 0 Å². The van der Waals surface area contributed by atoms with Gasteiger partial charge >= 0.3 is 0 Å². The molecule has 0 saturated carbocycles. The van der Waals surface area contributed by atoms with Crippen molar-refractivity contribution in [3.63, 3.8) is 0 Å². The number of nitrogens with one attached hydrogen (secondary N) is 1. The minimum atomic E-state index is 0.209. The van der Waals surface area contributed by atoms with Crippen LogP contribution in [0.15, 0.2) is 29.3 Å². The summed E-state index contributed by atoms with van der Waals surface area (Å²) in [7, 11) is 0. The van der Waals surface area contributed by atoms with E-state index in [1.807, 2.05) is 6.21 Å². The Morgan fingerprint density at radius 1 is 1.27 bits per heavy atom. The van der Waals surface area contributed by atoms with E-state index in [0.29, 0.717) is 0 Å². The molecule has 0 spiro atoms. The lowest BCUT2D eigenvalue weighted by Crippen LogP contribution is -2.43. The highest BCUT2D eigenvalue weighted by molar-refractivity contribution is 5.95. The lowest BCUT2D eigenvalue weighted by atomic mass is 10.0. The summed E-state index contributed by atoms with van der Waals surface area (Å²) in [5, 5.41) is 8.88. The molecule has 2 aromatic rings. The molecule has 1 atom stereocenters. The van der Waals surface area contributed by atoms with E-state index in [0.717, 1.165) is 43.9 Å². The third-order valence-corrected chi connectivity index (χ3v) is 4.43. The zero-order valence-corrected chi connectivity index (χ0v) is 12.7. The summed E-state index contributed by atoms with van der Waals surface area (Å²) < 4.78 is 5.43. The second kappa shape index (κ2) is 5.66. The molecule has 5 heteroatoms. The quantitative estimate of drug-likeness (QED) is 0.926. The van der Waals surface area contributed by atoms with Crippen LogP contribution in [0.5, 0.6) is 0 Å². The molecular weight excluding hydrogens is 276 g/mol. The van der Waals surface area contributed by atoms with E-state index in [4.69, 9.17) is 4.74 Å². The van der Waals surface area contributed by atoms with Crippen LogP contribution in [0.3, 0.4) is 0 Å². The fourth-order valence-corrected chi connectivity index (χ4v) is 3.20. The number of aryl methyl sites for hydroxylation is 1. The van der Waals surface area contributed by atoms with E-state index in [2.05, 4.69) is 51.3 Å². The average molecular weight is 296 g/mol. The number of fused-ring (bicyclic) bond motifs is 1. The van der Waals surface area contributed by atoms with E-state index in [1.165, 1.54) is 16.5 Å². The van der Waals surface area contributed by atoms with Crippen molar-refractivity contribution in [1.82, 2.24) is 15.1 Å². The molecule has 0 radical (unpaired) electrons. The number of hydrogen-bond donors (Lipinski definition) is 1. The van der Waals surface area contributed by atoms with Gasteiger partial charge in [-0.2, -0.15) is 5.10 Å². The van der Waals surface area contributed by atoms with Crippen LogP contribution in [-0.2, 0) is 4.74 Å². The van der Waals surface area contributed by atoms with Gasteiger partial charge in [0.25, 0.3) is 0 Å². The van der Waals surface area contributed by atoms with Crippen molar-refractivity contribution in [1.29, 1.82) is 0 Å². The summed E-state index contributed by atoms with van der Waals surface area (Å²) in [5.74, 6) is 0. The monoisotopic (exact) mass is 296 g/mol. The van der Waals surface area contributed by atoms with Gasteiger partial charge in [0.2, 0.25) is 0 Å². The normalized spacial score (nSPS) is 23.0. The minimum Gasteiger partial charge on any atom is -0.379 e. The second-order valence-corrected chi connectivity index (χ2v) is 5.94. The Bertz CT molecular complexity index is 740. The molecule has 1 unspecified atom stereocenters. The molecule has 1 saturated heterocycles. The lowest BCUT2D eigenvalue weighted by Gasteiger charge is -2.33. The van der Waals surface area contributed by atoms with Gasteiger partial charge in [0.15, 0.2) is 0 Å². The SMILES string of the molecule is Cc1ccc2[nH]nc(C3=CC=NC(N4CCOCC4)C3)c2c1. The predicted molar refractivity (Wildman–Crippen MR) is 88.1 cm³/mol. The van der Waals surface area contributed by atoms with Crippen LogP contribution in [0.1, 0.15) is 17.7 Å². The third-order valence-electron chi connectivity index (χ3n) is 4.43. The van der Waals surface area contributed by atoms with Crippen LogP contribution in [0, 0.1) is 6.92 Å². The largest absolute Gasteiger partial charge is 0.379 e. The Hall–Kier alpha value is -1.98. The lowest BCUT2D eigenvalue weighted by molar-refractivity contribution is 0.0193. The van der Waals surface area contributed by atoms with Crippen molar-refractivity contribution in [2.75, 3.05) is 26.3 Å². The van der Waals surface area contributed by atoms with Crippen LogP contribution in [0.2, 0.25) is 0 Å². The zero-order chi connectivity index (χ0) is 14.9. The maximum atomic E-state index is 5.43. The van der Waals surface area contributed by atoms with Gasteiger partial charge in [-0.05, 0) is 30.7 Å². The van der Waals surface area contributed by atoms with Gasteiger partial charge in [0.05, 0.1) is 24.4 Å². The Morgan fingerprint density at radius 3 is 3.00 bits per heavy atom. The smallest absolute Gasteiger partial charge is 0.106 e. The Kier molecular flexibility index (Phi) is 3.52. The Morgan fingerprint density at radius 2 is 2.14 bits per heavy atom. The first-order valence-corrected chi connectivity index (χ1v) is 7.80. The second-order valence-electron chi connectivity index (χ2n) is 5.94. The van der Waals surface area contributed by atoms with Gasteiger partial charge in [0.1, 0.15) is 6.17 Å². The average Bonchev–Trinajstić information content (AvgIpc) is 2.99. The van der Waals surface area contributed by atoms with Gasteiger partial charge in [-0.1, -0.05) is 11.6 Å². The number of H-pyrrole nitrogens is 1. The molecule has 1 aromatic carbocycles. The van der Waals surface area contributed by atoms with Gasteiger partial charge in [-0.15, -0.1) is 0 Å². The first kappa shape index (κ1) is 13.7. The highest BCUT2D eigenvalue weighted by Gasteiger charge is 2.24. The molecule has 1 fully saturated rings. The van der Waals surface area contributed by atoms with Crippen molar-refractivity contribution in [2.24, 2.45) is 4.99 Å². The number of aliphatic imine (C=N–C) groups is 1. The van der Waals surface area contributed by atoms with E-state index < -0.39 is 0 Å². The summed E-state index contributed by atoms with van der Waals surface area (Å²) in [6.07, 6.45) is 5.13. The van der Waals surface area contributed by atoms with Crippen molar-refractivity contribution in [2.45, 2.75) is 19.5 Å². The zero-order valence-electron chi connectivity index (χ0n) is 12.7. The summed E-state index contributed by atoms with van der Waals surface area (Å²) in [5.41, 5.74) is 4.66. The maximum absolute atomic E-state index is 5.43. The minimum absolute atomic E-state index is 0.209. The van der Waals surface area contributed by atoms with Gasteiger partial charge < -0.3 is 4.74 Å². The molecular formula is C17H20N4O. The highest BCUT2D eigenvalue weighted by Crippen LogP contribution is 2.29. The van der Waals surface area contributed by atoms with Crippen molar-refractivity contribution >= 4 is 22.7 Å². The number of aromatic nitrogens is 2. The molecule has 1 aromatic heterocycles. The molecule has 2 aliphatic rings. The standard InChI is InChI=1S/C17H20N4O/c1-12-2-3-15-14(10-12)17(20-19-15)13-4-5-18-16(11-13)21-6-8-22-9-7-21/h2-5,10,16H,6-9,11H2,1H3,(H,19,20). The number of ether oxygens (including phenoxy) is 1. The number of rotatable bonds is 2. The third kappa shape index (κ3) is 2.46. The molecule has 4 rings (SSSR count). The maximum Gasteiger partial charge on any atom is 0.106 e. The van der Waals surface area contributed by atoms with Crippen LogP contribution in [0.25, 0.3) is 16.5 Å². The predicted octanol–water partition coefficient (Wildman–Crippen LogP) is 2.39. The van der Waals surface area contributed by atoms with Crippen molar-refractivity contribution < 1.29 is 4.74 Å². The first-order chi connectivity index (χ1) is 10.8. The van der Waals surface area contributed by atoms with Crippen LogP contribution in [-0.4, -0.2) is 53.8 Å². The highest BCUT2D eigenvalue weighted by atomic mass is 16.5. The topological polar surface area (TPSA) is 53.5 Å². The van der Waals surface area contributed by atoms with Crippen LogP contribution < -0.4 is 0 Å². The summed E-state index contributed by atoms with van der Waals surface area (Å²) >= 11 is 0. The summed E-state index contributed by atoms with van der Waals surface area (Å²) in [6.45, 7) is 5.63. The van der Waals surface area contributed by atoms with Crippen LogP contribution >= 0.6 is 0 Å². The number of benzene rings is 1. The first-order valence-electron chi connectivity index (χ1n) is 7.80. The van der Waals surface area contributed by atoms with E-state index in [-0.39, 0.29) is 6.17 Å². The molecule has 0 bridgehead atoms. The fraction of sp³-hybridized carbons (Fsp3) is 0.412. The molecule has 5 nitrogen and oxygen atoms in total. The van der Waals surface area contributed by atoms with Crippen molar-refractivity contribution in [3.8, 4) is 0 Å². The van der Waals surface area contributed by atoms with Gasteiger partial charge in [0, 0.05) is 31.1 Å². The Labute approximate surface area is 129 Å². The van der Waals surface area contributed by atoms with E-state index >= 15 is 0 Å². The molecule has 2 aliphatic heterocycles. The molecule has 0 amide bonds. The fourth-order valence-electron chi connectivity index (χ4n) is 3.20. The number of dihydropyridines is 1. The number of morpholine rings is 1. The number of nitrogens with zero attached hydrogens (tertiary/aromatic N) is 3. The number of aromatic amines is 1. The van der Waals surface area contributed by atoms with Crippen molar-refractivity contribution in [3.05, 3.63) is 35.5 Å². The van der Waals surface area contributed by atoms with Gasteiger partial charge in [-0.25, -0.2) is 0 Å². The van der Waals surface area contributed by atoms with E-state index in [9.17, 15) is 0 Å². The molecule has 3 heterocycles. The van der Waals surface area contributed by atoms with Gasteiger partial charge in [-0.3, -0.25) is 15.0 Å². The van der Waals surface area contributed by atoms with Crippen LogP contribution in [0.4, 0.5) is 0 Å². The molecule has 114 valence electrons. The molecule has 0 aliphatic carbocycles. The molecule has 22 heavy (non-hydrogen) atoms. The number of hydrogen-bond acceptors (Lipinski definition) is 4.